The normalized spacial score (nSPS) is 16.9. The molecule has 86 valence electrons. The summed E-state index contributed by atoms with van der Waals surface area (Å²) in [4.78, 5) is 11.4. The molecule has 0 radical (unpaired) electrons. The van der Waals surface area contributed by atoms with Gasteiger partial charge in [0.25, 0.3) is 0 Å². The zero-order valence-corrected chi connectivity index (χ0v) is 9.55. The molecule has 0 heterocycles. The fraction of sp³-hybridized carbons (Fsp3) is 0.462. The van der Waals surface area contributed by atoms with Crippen LogP contribution in [0.1, 0.15) is 25.3 Å². The van der Waals surface area contributed by atoms with Crippen molar-refractivity contribution in [1.82, 2.24) is 0 Å². The van der Waals surface area contributed by atoms with Crippen molar-refractivity contribution in [2.75, 3.05) is 7.11 Å². The van der Waals surface area contributed by atoms with Gasteiger partial charge in [0.15, 0.2) is 0 Å². The van der Waals surface area contributed by atoms with Crippen LogP contribution in [0.5, 0.6) is 5.75 Å². The van der Waals surface area contributed by atoms with Crippen molar-refractivity contribution in [2.24, 2.45) is 5.41 Å². The number of ketones is 1. The van der Waals surface area contributed by atoms with Crippen LogP contribution in [0.3, 0.4) is 0 Å². The molecule has 2 nitrogen and oxygen atoms in total. The van der Waals surface area contributed by atoms with E-state index in [1.165, 1.54) is 13.2 Å². The van der Waals surface area contributed by atoms with Gasteiger partial charge in [0, 0.05) is 11.5 Å². The summed E-state index contributed by atoms with van der Waals surface area (Å²) in [6, 6.07) is 4.80. The van der Waals surface area contributed by atoms with Crippen LogP contribution in [0.4, 0.5) is 4.39 Å². The first-order valence-electron chi connectivity index (χ1n) is 5.41. The van der Waals surface area contributed by atoms with E-state index < -0.39 is 0 Å². The SMILES string of the molecule is COc1ccc(CC2(C(C)=O)CC2)c(F)c1. The van der Waals surface area contributed by atoms with Gasteiger partial charge in [-0.05, 0) is 37.8 Å². The standard InChI is InChI=1S/C13H15FO2/c1-9(15)13(5-6-13)8-10-3-4-11(16-2)7-12(10)14/h3-4,7H,5-6,8H2,1-2H3. The average Bonchev–Trinajstić information content (AvgIpc) is 3.02. The number of methoxy groups -OCH3 is 1. The van der Waals surface area contributed by atoms with E-state index in [9.17, 15) is 9.18 Å². The lowest BCUT2D eigenvalue weighted by Crippen LogP contribution is -2.15. The number of hydrogen-bond donors (Lipinski definition) is 0. The maximum absolute atomic E-state index is 13.7. The van der Waals surface area contributed by atoms with Crippen molar-refractivity contribution < 1.29 is 13.9 Å². The molecule has 0 atom stereocenters. The highest BCUT2D eigenvalue weighted by Gasteiger charge is 2.47. The second kappa shape index (κ2) is 3.89. The van der Waals surface area contributed by atoms with E-state index >= 15 is 0 Å². The fourth-order valence-corrected chi connectivity index (χ4v) is 1.97. The summed E-state index contributed by atoms with van der Waals surface area (Å²) >= 11 is 0. The second-order valence-corrected chi connectivity index (χ2v) is 4.47. The Morgan fingerprint density at radius 2 is 2.19 bits per heavy atom. The Labute approximate surface area is 94.4 Å². The molecule has 3 heteroatoms. The van der Waals surface area contributed by atoms with Gasteiger partial charge in [-0.15, -0.1) is 0 Å². The van der Waals surface area contributed by atoms with Crippen LogP contribution in [-0.2, 0) is 11.2 Å². The number of halogens is 1. The van der Waals surface area contributed by atoms with Gasteiger partial charge in [0.05, 0.1) is 7.11 Å². The summed E-state index contributed by atoms with van der Waals surface area (Å²) in [5, 5.41) is 0. The number of ether oxygens (including phenoxy) is 1. The molecule has 1 aliphatic carbocycles. The molecule has 1 aliphatic rings. The van der Waals surface area contributed by atoms with E-state index in [1.807, 2.05) is 0 Å². The van der Waals surface area contributed by atoms with Gasteiger partial charge in [-0.3, -0.25) is 4.79 Å². The topological polar surface area (TPSA) is 26.3 Å². The summed E-state index contributed by atoms with van der Waals surface area (Å²) in [5.41, 5.74) is 0.323. The van der Waals surface area contributed by atoms with E-state index in [4.69, 9.17) is 4.74 Å². The van der Waals surface area contributed by atoms with Crippen molar-refractivity contribution >= 4 is 5.78 Å². The van der Waals surface area contributed by atoms with Crippen LogP contribution < -0.4 is 4.74 Å². The molecule has 1 fully saturated rings. The Kier molecular flexibility index (Phi) is 2.70. The van der Waals surface area contributed by atoms with E-state index in [-0.39, 0.29) is 17.0 Å². The van der Waals surface area contributed by atoms with Gasteiger partial charge in [0.2, 0.25) is 0 Å². The molecule has 0 aliphatic heterocycles. The predicted octanol–water partition coefficient (Wildman–Crippen LogP) is 2.75. The van der Waals surface area contributed by atoms with Crippen molar-refractivity contribution in [2.45, 2.75) is 26.2 Å². The van der Waals surface area contributed by atoms with Crippen molar-refractivity contribution in [3.05, 3.63) is 29.6 Å². The highest BCUT2D eigenvalue weighted by molar-refractivity contribution is 5.85. The summed E-state index contributed by atoms with van der Waals surface area (Å²) in [5.74, 6) is 0.392. The molecule has 0 aromatic heterocycles. The van der Waals surface area contributed by atoms with Gasteiger partial charge < -0.3 is 4.74 Å². The number of Topliss-reactive ketones (excluding diaryl/α,β-unsaturated/α-hetero) is 1. The van der Waals surface area contributed by atoms with E-state index in [0.29, 0.717) is 17.7 Å². The van der Waals surface area contributed by atoms with Crippen LogP contribution in [0.2, 0.25) is 0 Å². The molecule has 1 aromatic rings. The summed E-state index contributed by atoms with van der Waals surface area (Å²) in [6.45, 7) is 1.59. The number of benzene rings is 1. The third-order valence-electron chi connectivity index (χ3n) is 3.39. The average molecular weight is 222 g/mol. The number of carbonyl (C=O) groups excluding carboxylic acids is 1. The summed E-state index contributed by atoms with van der Waals surface area (Å²) < 4.78 is 18.6. The van der Waals surface area contributed by atoms with Gasteiger partial charge in [-0.25, -0.2) is 4.39 Å². The minimum atomic E-state index is -0.285. The van der Waals surface area contributed by atoms with Crippen molar-refractivity contribution in [1.29, 1.82) is 0 Å². The Hall–Kier alpha value is -1.38. The quantitative estimate of drug-likeness (QED) is 0.783. The molecule has 0 N–H and O–H groups in total. The van der Waals surface area contributed by atoms with Crippen molar-refractivity contribution in [3.63, 3.8) is 0 Å². The number of hydrogen-bond acceptors (Lipinski definition) is 2. The molecule has 0 bridgehead atoms. The molecule has 0 spiro atoms. The lowest BCUT2D eigenvalue weighted by molar-refractivity contribution is -0.121. The smallest absolute Gasteiger partial charge is 0.136 e. The van der Waals surface area contributed by atoms with Crippen LogP contribution >= 0.6 is 0 Å². The molecule has 0 amide bonds. The lowest BCUT2D eigenvalue weighted by Gasteiger charge is -2.12. The first-order chi connectivity index (χ1) is 7.57. The first-order valence-corrected chi connectivity index (χ1v) is 5.41. The van der Waals surface area contributed by atoms with Crippen LogP contribution in [0, 0.1) is 11.2 Å². The van der Waals surface area contributed by atoms with E-state index in [2.05, 4.69) is 0 Å². The summed E-state index contributed by atoms with van der Waals surface area (Å²) in [7, 11) is 1.51. The maximum Gasteiger partial charge on any atom is 0.136 e. The third-order valence-corrected chi connectivity index (χ3v) is 3.39. The predicted molar refractivity (Wildman–Crippen MR) is 59.0 cm³/mol. The fourth-order valence-electron chi connectivity index (χ4n) is 1.97. The Bertz CT molecular complexity index is 422. The number of rotatable bonds is 4. The molecular weight excluding hydrogens is 207 g/mol. The minimum Gasteiger partial charge on any atom is -0.497 e. The lowest BCUT2D eigenvalue weighted by atomic mass is 9.92. The van der Waals surface area contributed by atoms with Crippen LogP contribution in [0.25, 0.3) is 0 Å². The van der Waals surface area contributed by atoms with E-state index in [0.717, 1.165) is 12.8 Å². The number of carbonyl (C=O) groups is 1. The molecule has 1 saturated carbocycles. The molecule has 0 saturated heterocycles. The minimum absolute atomic E-state index is 0.169. The highest BCUT2D eigenvalue weighted by atomic mass is 19.1. The Morgan fingerprint density at radius 1 is 1.50 bits per heavy atom. The maximum atomic E-state index is 13.7. The van der Waals surface area contributed by atoms with Crippen LogP contribution in [0.15, 0.2) is 18.2 Å². The highest BCUT2D eigenvalue weighted by Crippen LogP contribution is 2.49. The molecule has 1 aromatic carbocycles. The summed E-state index contributed by atoms with van der Waals surface area (Å²) in [6.07, 6.45) is 2.28. The molecule has 0 unspecified atom stereocenters. The zero-order valence-electron chi connectivity index (χ0n) is 9.55. The van der Waals surface area contributed by atoms with Crippen molar-refractivity contribution in [3.8, 4) is 5.75 Å². The molecule has 2 rings (SSSR count). The Morgan fingerprint density at radius 3 is 2.62 bits per heavy atom. The molecule has 16 heavy (non-hydrogen) atoms. The zero-order chi connectivity index (χ0) is 11.8. The molecular formula is C13H15FO2. The first kappa shape index (κ1) is 11.1. The van der Waals surface area contributed by atoms with Gasteiger partial charge in [-0.2, -0.15) is 0 Å². The monoisotopic (exact) mass is 222 g/mol. The van der Waals surface area contributed by atoms with Gasteiger partial charge in [0.1, 0.15) is 17.3 Å². The Balaban J connectivity index is 2.19. The van der Waals surface area contributed by atoms with Crippen LogP contribution in [-0.4, -0.2) is 12.9 Å². The third kappa shape index (κ3) is 1.94. The van der Waals surface area contributed by atoms with Gasteiger partial charge in [-0.1, -0.05) is 6.07 Å². The van der Waals surface area contributed by atoms with Gasteiger partial charge >= 0.3 is 0 Å². The van der Waals surface area contributed by atoms with E-state index in [1.54, 1.807) is 19.1 Å². The largest absolute Gasteiger partial charge is 0.497 e. The second-order valence-electron chi connectivity index (χ2n) is 4.47.